The fourth-order valence-electron chi connectivity index (χ4n) is 2.43. The molecule has 92 valence electrons. The first-order valence-corrected chi connectivity index (χ1v) is 6.31. The second-order valence-corrected chi connectivity index (χ2v) is 6.14. The lowest BCUT2D eigenvalue weighted by Crippen LogP contribution is -2.41. The molecule has 2 rings (SSSR count). The van der Waals surface area contributed by atoms with Gasteiger partial charge in [0.15, 0.2) is 0 Å². The summed E-state index contributed by atoms with van der Waals surface area (Å²) in [6.45, 7) is 8.25. The van der Waals surface area contributed by atoms with Crippen molar-refractivity contribution in [3.63, 3.8) is 0 Å². The van der Waals surface area contributed by atoms with Crippen LogP contribution in [0.3, 0.4) is 0 Å². The van der Waals surface area contributed by atoms with Gasteiger partial charge < -0.3 is 9.31 Å². The SMILES string of the molecule is CC1(C)OB(C2CCC(F)CC2)OC1(C)C. The zero-order valence-corrected chi connectivity index (χ0v) is 10.8. The highest BCUT2D eigenvalue weighted by Crippen LogP contribution is 2.44. The van der Waals surface area contributed by atoms with Gasteiger partial charge in [0, 0.05) is 0 Å². The summed E-state index contributed by atoms with van der Waals surface area (Å²) in [7, 11) is -0.141. The zero-order valence-electron chi connectivity index (χ0n) is 10.8. The molecule has 16 heavy (non-hydrogen) atoms. The average molecular weight is 228 g/mol. The first kappa shape index (κ1) is 12.4. The van der Waals surface area contributed by atoms with Crippen LogP contribution >= 0.6 is 0 Å². The summed E-state index contributed by atoms with van der Waals surface area (Å²) in [5.41, 5.74) is -0.519. The van der Waals surface area contributed by atoms with Crippen LogP contribution < -0.4 is 0 Å². The summed E-state index contributed by atoms with van der Waals surface area (Å²) in [6, 6.07) is 0. The van der Waals surface area contributed by atoms with Crippen LogP contribution in [0.2, 0.25) is 5.82 Å². The summed E-state index contributed by atoms with van der Waals surface area (Å²) in [5.74, 6) is 0.369. The second kappa shape index (κ2) is 3.99. The largest absolute Gasteiger partial charge is 0.461 e. The van der Waals surface area contributed by atoms with Gasteiger partial charge >= 0.3 is 7.12 Å². The van der Waals surface area contributed by atoms with E-state index in [1.54, 1.807) is 0 Å². The molecule has 0 amide bonds. The summed E-state index contributed by atoms with van der Waals surface area (Å²) in [5, 5.41) is 0. The van der Waals surface area contributed by atoms with Crippen LogP contribution in [-0.4, -0.2) is 24.5 Å². The lowest BCUT2D eigenvalue weighted by molar-refractivity contribution is 0.00578. The maximum atomic E-state index is 13.1. The van der Waals surface area contributed by atoms with Gasteiger partial charge in [-0.2, -0.15) is 0 Å². The first-order valence-electron chi connectivity index (χ1n) is 6.31. The van der Waals surface area contributed by atoms with Crippen molar-refractivity contribution in [1.82, 2.24) is 0 Å². The second-order valence-electron chi connectivity index (χ2n) is 6.14. The topological polar surface area (TPSA) is 18.5 Å². The molecule has 2 fully saturated rings. The summed E-state index contributed by atoms with van der Waals surface area (Å²) < 4.78 is 25.1. The van der Waals surface area contributed by atoms with E-state index >= 15 is 0 Å². The number of hydrogen-bond donors (Lipinski definition) is 0. The van der Waals surface area contributed by atoms with Crippen LogP contribution in [0.1, 0.15) is 53.4 Å². The Bertz CT molecular complexity index is 244. The highest BCUT2D eigenvalue weighted by atomic mass is 19.1. The Morgan fingerprint density at radius 3 is 1.81 bits per heavy atom. The molecule has 0 aromatic rings. The molecule has 0 aromatic carbocycles. The van der Waals surface area contributed by atoms with Crippen LogP contribution in [0.4, 0.5) is 4.39 Å². The maximum absolute atomic E-state index is 13.1. The quantitative estimate of drug-likeness (QED) is 0.640. The van der Waals surface area contributed by atoms with Crippen LogP contribution in [0.25, 0.3) is 0 Å². The minimum atomic E-state index is -0.612. The van der Waals surface area contributed by atoms with Gasteiger partial charge in [-0.25, -0.2) is 4.39 Å². The third kappa shape index (κ3) is 2.14. The van der Waals surface area contributed by atoms with E-state index in [2.05, 4.69) is 27.7 Å². The summed E-state index contributed by atoms with van der Waals surface area (Å²) in [4.78, 5) is 0. The Morgan fingerprint density at radius 1 is 0.938 bits per heavy atom. The van der Waals surface area contributed by atoms with Crippen molar-refractivity contribution in [3.8, 4) is 0 Å². The fourth-order valence-corrected chi connectivity index (χ4v) is 2.43. The molecular formula is C12H22BFO2. The molecule has 2 nitrogen and oxygen atoms in total. The minimum absolute atomic E-state index is 0.141. The standard InChI is InChI=1S/C12H22BFO2/c1-11(2)12(3,4)16-13(15-11)9-5-7-10(14)8-6-9/h9-10H,5-8H2,1-4H3. The Morgan fingerprint density at radius 2 is 1.38 bits per heavy atom. The van der Waals surface area contributed by atoms with Gasteiger partial charge in [0.05, 0.1) is 11.2 Å². The van der Waals surface area contributed by atoms with E-state index in [4.69, 9.17) is 9.31 Å². The fraction of sp³-hybridized carbons (Fsp3) is 1.00. The molecule has 1 heterocycles. The lowest BCUT2D eigenvalue weighted by Gasteiger charge is -2.32. The molecule has 1 saturated heterocycles. The average Bonchev–Trinajstić information content (AvgIpc) is 2.37. The van der Waals surface area contributed by atoms with Crippen molar-refractivity contribution in [2.75, 3.05) is 0 Å². The molecule has 0 radical (unpaired) electrons. The van der Waals surface area contributed by atoms with E-state index in [-0.39, 0.29) is 18.3 Å². The van der Waals surface area contributed by atoms with Gasteiger partial charge in [-0.05, 0) is 59.2 Å². The molecule has 0 N–H and O–H groups in total. The molecule has 1 aliphatic heterocycles. The van der Waals surface area contributed by atoms with Crippen molar-refractivity contribution >= 4 is 7.12 Å². The van der Waals surface area contributed by atoms with Crippen LogP contribution in [-0.2, 0) is 9.31 Å². The van der Waals surface area contributed by atoms with Crippen molar-refractivity contribution in [3.05, 3.63) is 0 Å². The van der Waals surface area contributed by atoms with Crippen LogP contribution in [0, 0.1) is 0 Å². The van der Waals surface area contributed by atoms with Crippen LogP contribution in [0.15, 0.2) is 0 Å². The molecule has 4 heteroatoms. The predicted molar refractivity (Wildman–Crippen MR) is 63.2 cm³/mol. The van der Waals surface area contributed by atoms with Gasteiger partial charge in [0.1, 0.15) is 6.17 Å². The molecule has 0 bridgehead atoms. The highest BCUT2D eigenvalue weighted by Gasteiger charge is 2.53. The van der Waals surface area contributed by atoms with Gasteiger partial charge in [0.2, 0.25) is 0 Å². The van der Waals surface area contributed by atoms with Gasteiger partial charge in [-0.15, -0.1) is 0 Å². The number of hydrogen-bond acceptors (Lipinski definition) is 2. The monoisotopic (exact) mass is 228 g/mol. The lowest BCUT2D eigenvalue weighted by atomic mass is 9.64. The highest BCUT2D eigenvalue weighted by molar-refractivity contribution is 6.47. The van der Waals surface area contributed by atoms with Crippen LogP contribution in [0.5, 0.6) is 0 Å². The van der Waals surface area contributed by atoms with E-state index in [1.807, 2.05) is 0 Å². The molecule has 0 unspecified atom stereocenters. The Labute approximate surface area is 98.0 Å². The number of alkyl halides is 1. The molecule has 0 atom stereocenters. The van der Waals surface area contributed by atoms with E-state index in [9.17, 15) is 4.39 Å². The zero-order chi connectivity index (χ0) is 12.0. The van der Waals surface area contributed by atoms with Crippen molar-refractivity contribution in [1.29, 1.82) is 0 Å². The van der Waals surface area contributed by atoms with Crippen molar-refractivity contribution < 1.29 is 13.7 Å². The van der Waals surface area contributed by atoms with E-state index in [1.165, 1.54) is 0 Å². The molecule has 1 aliphatic carbocycles. The molecule has 1 saturated carbocycles. The molecule has 0 aromatic heterocycles. The maximum Gasteiger partial charge on any atom is 0.461 e. The Balaban J connectivity index is 1.98. The molecule has 2 aliphatic rings. The van der Waals surface area contributed by atoms with Crippen molar-refractivity contribution in [2.24, 2.45) is 0 Å². The predicted octanol–water partition coefficient (Wildman–Crippen LogP) is 3.36. The summed E-state index contributed by atoms with van der Waals surface area (Å²) in [6.07, 6.45) is 2.48. The number of halogens is 1. The smallest absolute Gasteiger partial charge is 0.403 e. The normalized spacial score (nSPS) is 37.7. The van der Waals surface area contributed by atoms with E-state index in [0.29, 0.717) is 18.7 Å². The van der Waals surface area contributed by atoms with Gasteiger partial charge in [-0.3, -0.25) is 0 Å². The van der Waals surface area contributed by atoms with E-state index < -0.39 is 6.17 Å². The van der Waals surface area contributed by atoms with E-state index in [0.717, 1.165) is 12.8 Å². The third-order valence-electron chi connectivity index (χ3n) is 4.36. The Hall–Kier alpha value is -0.0851. The summed E-state index contributed by atoms with van der Waals surface area (Å²) >= 11 is 0. The third-order valence-corrected chi connectivity index (χ3v) is 4.36. The Kier molecular flexibility index (Phi) is 3.08. The van der Waals surface area contributed by atoms with Gasteiger partial charge in [0.25, 0.3) is 0 Å². The molecule has 0 spiro atoms. The van der Waals surface area contributed by atoms with Gasteiger partial charge in [-0.1, -0.05) is 0 Å². The molecular weight excluding hydrogens is 206 g/mol. The minimum Gasteiger partial charge on any atom is -0.403 e. The first-order chi connectivity index (χ1) is 7.32. The number of rotatable bonds is 1. The van der Waals surface area contributed by atoms with Crippen molar-refractivity contribution in [2.45, 2.75) is 76.6 Å².